The summed E-state index contributed by atoms with van der Waals surface area (Å²) in [6.45, 7) is 0. The zero-order chi connectivity index (χ0) is 10.8. The predicted molar refractivity (Wildman–Crippen MR) is 57.1 cm³/mol. The lowest BCUT2D eigenvalue weighted by molar-refractivity contribution is 0.806. The van der Waals surface area contributed by atoms with Crippen molar-refractivity contribution < 1.29 is 0 Å². The third kappa shape index (κ3) is 1.88. The molecule has 6 nitrogen and oxygen atoms in total. The van der Waals surface area contributed by atoms with Crippen molar-refractivity contribution >= 4 is 31.9 Å². The maximum Gasteiger partial charge on any atom is 0.218 e. The van der Waals surface area contributed by atoms with Crippen molar-refractivity contribution in [1.29, 1.82) is 5.26 Å². The van der Waals surface area contributed by atoms with Crippen molar-refractivity contribution in [2.24, 2.45) is 0 Å². The number of rotatable bonds is 1. The molecule has 8 heteroatoms. The molecule has 0 saturated carbocycles. The molecule has 0 fully saturated rings. The second kappa shape index (κ2) is 4.04. The first-order valence-corrected chi connectivity index (χ1v) is 5.30. The number of nitriles is 1. The average molecular weight is 330 g/mol. The van der Waals surface area contributed by atoms with E-state index in [1.54, 1.807) is 0 Å². The molecule has 0 aliphatic rings. The lowest BCUT2D eigenvalue weighted by Gasteiger charge is -2.00. The Kier molecular flexibility index (Phi) is 2.75. The quantitative estimate of drug-likeness (QED) is 0.791. The van der Waals surface area contributed by atoms with Gasteiger partial charge in [0.1, 0.15) is 6.07 Å². The highest BCUT2D eigenvalue weighted by atomic mass is 79.9. The molecule has 2 heterocycles. The molecule has 0 radical (unpaired) electrons. The third-order valence-corrected chi connectivity index (χ3v) is 2.38. The number of hydrogen-bond donors (Lipinski definition) is 0. The molecule has 0 unspecified atom stereocenters. The fourth-order valence-electron chi connectivity index (χ4n) is 0.969. The van der Waals surface area contributed by atoms with Gasteiger partial charge in [0.2, 0.25) is 9.47 Å². The molecular weight excluding hydrogens is 328 g/mol. The van der Waals surface area contributed by atoms with Gasteiger partial charge in [-0.05, 0) is 31.9 Å². The zero-order valence-electron chi connectivity index (χ0n) is 7.09. The van der Waals surface area contributed by atoms with Crippen molar-refractivity contribution in [2.45, 2.75) is 0 Å². The minimum absolute atomic E-state index is 0.190. The van der Waals surface area contributed by atoms with Crippen molar-refractivity contribution in [3.05, 3.63) is 27.6 Å². The van der Waals surface area contributed by atoms with Crippen LogP contribution in [0.15, 0.2) is 21.9 Å². The van der Waals surface area contributed by atoms with Crippen LogP contribution in [0, 0.1) is 11.3 Å². The first-order valence-electron chi connectivity index (χ1n) is 3.72. The van der Waals surface area contributed by atoms with Crippen molar-refractivity contribution in [3.8, 4) is 11.9 Å². The summed E-state index contributed by atoms with van der Waals surface area (Å²) in [5.41, 5.74) is 0.190. The zero-order valence-corrected chi connectivity index (χ0v) is 10.3. The largest absolute Gasteiger partial charge is 0.240 e. The normalized spacial score (nSPS) is 9.93. The number of nitrogens with zero attached hydrogens (tertiary/aromatic N) is 6. The summed E-state index contributed by atoms with van der Waals surface area (Å²) < 4.78 is 2.24. The summed E-state index contributed by atoms with van der Waals surface area (Å²) in [5.74, 6) is 0.338. The van der Waals surface area contributed by atoms with Crippen LogP contribution in [0.25, 0.3) is 5.82 Å². The smallest absolute Gasteiger partial charge is 0.218 e. The Labute approximate surface area is 101 Å². The minimum Gasteiger partial charge on any atom is -0.240 e. The fourth-order valence-corrected chi connectivity index (χ4v) is 1.95. The lowest BCUT2D eigenvalue weighted by atomic mass is 10.4. The molecule has 0 spiro atoms. The number of hydrogen-bond acceptors (Lipinski definition) is 5. The fraction of sp³-hybridized carbons (Fsp3) is 0. The van der Waals surface area contributed by atoms with Crippen LogP contribution in [-0.2, 0) is 0 Å². The standard InChI is InChI=1S/C7H2Br2N6/c8-6-13-7(9)15(14-6)5-4(3-10)11-1-2-12-5/h1-2H. The molecule has 2 rings (SSSR count). The summed E-state index contributed by atoms with van der Waals surface area (Å²) in [4.78, 5) is 11.9. The first-order chi connectivity index (χ1) is 7.22. The summed E-state index contributed by atoms with van der Waals surface area (Å²) in [7, 11) is 0. The monoisotopic (exact) mass is 328 g/mol. The average Bonchev–Trinajstić information content (AvgIpc) is 2.57. The SMILES string of the molecule is N#Cc1nccnc1-n1nc(Br)nc1Br. The summed E-state index contributed by atoms with van der Waals surface area (Å²) in [6.07, 6.45) is 2.93. The molecule has 2 aromatic rings. The van der Waals surface area contributed by atoms with Gasteiger partial charge in [0.15, 0.2) is 11.5 Å². The second-order valence-electron chi connectivity index (χ2n) is 2.40. The Morgan fingerprint density at radius 1 is 1.27 bits per heavy atom. The van der Waals surface area contributed by atoms with E-state index in [4.69, 9.17) is 5.26 Å². The Morgan fingerprint density at radius 2 is 2.00 bits per heavy atom. The maximum atomic E-state index is 8.84. The van der Waals surface area contributed by atoms with Gasteiger partial charge in [-0.25, -0.2) is 9.97 Å². The highest BCUT2D eigenvalue weighted by Gasteiger charge is 2.12. The van der Waals surface area contributed by atoms with E-state index in [2.05, 4.69) is 51.9 Å². The first kappa shape index (κ1) is 10.2. The highest BCUT2D eigenvalue weighted by Crippen LogP contribution is 2.16. The summed E-state index contributed by atoms with van der Waals surface area (Å²) in [5, 5.41) is 12.8. The van der Waals surface area contributed by atoms with Crippen molar-refractivity contribution in [1.82, 2.24) is 24.7 Å². The molecule has 0 aromatic carbocycles. The molecule has 0 N–H and O–H groups in total. The molecule has 0 atom stereocenters. The van der Waals surface area contributed by atoms with Crippen molar-refractivity contribution in [2.75, 3.05) is 0 Å². The molecule has 74 valence electrons. The van der Waals surface area contributed by atoms with Gasteiger partial charge >= 0.3 is 0 Å². The van der Waals surface area contributed by atoms with E-state index in [0.717, 1.165) is 0 Å². The van der Waals surface area contributed by atoms with Crippen LogP contribution >= 0.6 is 31.9 Å². The molecule has 2 aromatic heterocycles. The van der Waals surface area contributed by atoms with Gasteiger partial charge in [-0.1, -0.05) is 0 Å². The third-order valence-electron chi connectivity index (χ3n) is 1.53. The van der Waals surface area contributed by atoms with Crippen LogP contribution < -0.4 is 0 Å². The van der Waals surface area contributed by atoms with Crippen LogP contribution in [0.3, 0.4) is 0 Å². The maximum absolute atomic E-state index is 8.84. The highest BCUT2D eigenvalue weighted by molar-refractivity contribution is 9.11. The van der Waals surface area contributed by atoms with Crippen LogP contribution in [0.2, 0.25) is 0 Å². The van der Waals surface area contributed by atoms with Crippen LogP contribution in [0.5, 0.6) is 0 Å². The van der Waals surface area contributed by atoms with Gasteiger partial charge in [-0.3, -0.25) is 0 Å². The Morgan fingerprint density at radius 3 is 2.60 bits per heavy atom. The molecule has 0 amide bonds. The van der Waals surface area contributed by atoms with E-state index in [-0.39, 0.29) is 5.69 Å². The van der Waals surface area contributed by atoms with Crippen LogP contribution in [-0.4, -0.2) is 24.7 Å². The summed E-state index contributed by atoms with van der Waals surface area (Å²) >= 11 is 6.32. The van der Waals surface area contributed by atoms with Gasteiger partial charge in [-0.15, -0.1) is 5.10 Å². The Hall–Kier alpha value is -1.33. The van der Waals surface area contributed by atoms with Gasteiger partial charge in [0.05, 0.1) is 0 Å². The molecule has 0 saturated heterocycles. The van der Waals surface area contributed by atoms with E-state index in [0.29, 0.717) is 15.3 Å². The van der Waals surface area contributed by atoms with E-state index < -0.39 is 0 Å². The molecule has 0 aliphatic heterocycles. The molecular formula is C7H2Br2N6. The van der Waals surface area contributed by atoms with Crippen LogP contribution in [0.1, 0.15) is 5.69 Å². The predicted octanol–water partition coefficient (Wildman–Crippen LogP) is 1.45. The minimum atomic E-state index is 0.190. The molecule has 0 aliphatic carbocycles. The Bertz CT molecular complexity index is 543. The number of halogens is 2. The number of aromatic nitrogens is 5. The van der Waals surface area contributed by atoms with Gasteiger partial charge < -0.3 is 0 Å². The van der Waals surface area contributed by atoms with Gasteiger partial charge in [-0.2, -0.15) is 14.9 Å². The molecule has 15 heavy (non-hydrogen) atoms. The van der Waals surface area contributed by atoms with Gasteiger partial charge in [0.25, 0.3) is 0 Å². The van der Waals surface area contributed by atoms with E-state index in [1.165, 1.54) is 17.1 Å². The van der Waals surface area contributed by atoms with Gasteiger partial charge in [0, 0.05) is 12.4 Å². The topological polar surface area (TPSA) is 80.3 Å². The molecule has 0 bridgehead atoms. The van der Waals surface area contributed by atoms with E-state index in [9.17, 15) is 0 Å². The lowest BCUT2D eigenvalue weighted by Crippen LogP contribution is -2.04. The van der Waals surface area contributed by atoms with Crippen LogP contribution in [0.4, 0.5) is 0 Å². The van der Waals surface area contributed by atoms with E-state index >= 15 is 0 Å². The second-order valence-corrected chi connectivity index (χ2v) is 3.82. The summed E-state index contributed by atoms with van der Waals surface area (Å²) in [6, 6.07) is 1.93. The Balaban J connectivity index is 2.64. The van der Waals surface area contributed by atoms with Crippen molar-refractivity contribution in [3.63, 3.8) is 0 Å². The van der Waals surface area contributed by atoms with E-state index in [1.807, 2.05) is 6.07 Å².